The van der Waals surface area contributed by atoms with E-state index in [0.717, 1.165) is 10.6 Å². The number of amides is 1. The monoisotopic (exact) mass is 353 g/mol. The molecule has 0 radical (unpaired) electrons. The molecule has 0 spiro atoms. The molecule has 0 aliphatic rings. The number of benzene rings is 2. The van der Waals surface area contributed by atoms with Crippen molar-refractivity contribution < 1.29 is 9.72 Å². The molecule has 0 bridgehead atoms. The van der Waals surface area contributed by atoms with Gasteiger partial charge in [-0.2, -0.15) is 0 Å². The van der Waals surface area contributed by atoms with E-state index >= 15 is 0 Å². The van der Waals surface area contributed by atoms with Gasteiger partial charge in [-0.15, -0.1) is 11.3 Å². The lowest BCUT2D eigenvalue weighted by Crippen LogP contribution is -2.14. The van der Waals surface area contributed by atoms with Crippen LogP contribution in [0, 0.1) is 17.0 Å². The van der Waals surface area contributed by atoms with Crippen molar-refractivity contribution in [1.82, 2.24) is 4.98 Å². The predicted molar refractivity (Wildman–Crippen MR) is 97.7 cm³/mol. The molecule has 3 rings (SSSR count). The highest BCUT2D eigenvalue weighted by Gasteiger charge is 2.11. The molecule has 0 aliphatic heterocycles. The standard InChI is InChI=1S/C18H15N3O3S/c1-12-5-7-13(8-6-12)18-20-15(11-25-18)10-17(22)19-14-3-2-4-16(9-14)21(23)24/h2-9,11H,10H2,1H3,(H,19,22). The van der Waals surface area contributed by atoms with E-state index in [1.54, 1.807) is 6.07 Å². The highest BCUT2D eigenvalue weighted by atomic mass is 32.1. The summed E-state index contributed by atoms with van der Waals surface area (Å²) in [7, 11) is 0. The molecular formula is C18H15N3O3S. The van der Waals surface area contributed by atoms with Crippen LogP contribution in [0.2, 0.25) is 0 Å². The molecule has 7 heteroatoms. The largest absolute Gasteiger partial charge is 0.325 e. The number of hydrogen-bond acceptors (Lipinski definition) is 5. The average Bonchev–Trinajstić information content (AvgIpc) is 3.04. The number of nitro groups is 1. The Kier molecular flexibility index (Phi) is 4.85. The number of nitro benzene ring substituents is 1. The molecule has 25 heavy (non-hydrogen) atoms. The maximum atomic E-state index is 12.1. The van der Waals surface area contributed by atoms with Crippen molar-refractivity contribution in [3.63, 3.8) is 0 Å². The maximum Gasteiger partial charge on any atom is 0.271 e. The first kappa shape index (κ1) is 16.8. The molecule has 1 heterocycles. The van der Waals surface area contributed by atoms with Crippen molar-refractivity contribution >= 4 is 28.6 Å². The summed E-state index contributed by atoms with van der Waals surface area (Å²) in [4.78, 5) is 26.9. The highest BCUT2D eigenvalue weighted by Crippen LogP contribution is 2.24. The van der Waals surface area contributed by atoms with Crippen LogP contribution in [0.15, 0.2) is 53.9 Å². The zero-order valence-corrected chi connectivity index (χ0v) is 14.2. The number of nitrogens with one attached hydrogen (secondary N) is 1. The quantitative estimate of drug-likeness (QED) is 0.550. The number of carbonyl (C=O) groups excluding carboxylic acids is 1. The number of aromatic nitrogens is 1. The Morgan fingerprint density at radius 2 is 2.00 bits per heavy atom. The van der Waals surface area contributed by atoms with Crippen LogP contribution in [0.25, 0.3) is 10.6 Å². The fourth-order valence-corrected chi connectivity index (χ4v) is 3.11. The van der Waals surface area contributed by atoms with Crippen molar-refractivity contribution in [1.29, 1.82) is 0 Å². The summed E-state index contributed by atoms with van der Waals surface area (Å²) in [6.07, 6.45) is 0.116. The number of carbonyl (C=O) groups is 1. The van der Waals surface area contributed by atoms with Gasteiger partial charge in [-0.25, -0.2) is 4.98 Å². The highest BCUT2D eigenvalue weighted by molar-refractivity contribution is 7.13. The van der Waals surface area contributed by atoms with Crippen molar-refractivity contribution in [3.8, 4) is 10.6 Å². The molecule has 0 unspecified atom stereocenters. The molecule has 0 fully saturated rings. The van der Waals surface area contributed by atoms with Gasteiger partial charge in [0.1, 0.15) is 5.01 Å². The van der Waals surface area contributed by atoms with Gasteiger partial charge in [-0.3, -0.25) is 14.9 Å². The van der Waals surface area contributed by atoms with Gasteiger partial charge in [0, 0.05) is 28.8 Å². The molecule has 1 amide bonds. The third-order valence-corrected chi connectivity index (χ3v) is 4.47. The van der Waals surface area contributed by atoms with Crippen LogP contribution in [0.5, 0.6) is 0 Å². The molecule has 2 aromatic carbocycles. The van der Waals surface area contributed by atoms with Gasteiger partial charge >= 0.3 is 0 Å². The van der Waals surface area contributed by atoms with Crippen LogP contribution in [-0.2, 0) is 11.2 Å². The Labute approximate surface area is 148 Å². The first-order chi connectivity index (χ1) is 12.0. The smallest absolute Gasteiger partial charge is 0.271 e. The molecule has 6 nitrogen and oxygen atoms in total. The van der Waals surface area contributed by atoms with E-state index in [0.29, 0.717) is 11.4 Å². The Morgan fingerprint density at radius 1 is 1.24 bits per heavy atom. The molecule has 0 saturated carbocycles. The van der Waals surface area contributed by atoms with Gasteiger partial charge in [0.15, 0.2) is 0 Å². The van der Waals surface area contributed by atoms with E-state index in [4.69, 9.17) is 0 Å². The minimum Gasteiger partial charge on any atom is -0.325 e. The van der Waals surface area contributed by atoms with E-state index in [-0.39, 0.29) is 18.0 Å². The molecular weight excluding hydrogens is 338 g/mol. The fourth-order valence-electron chi connectivity index (χ4n) is 2.28. The molecule has 0 aliphatic carbocycles. The second kappa shape index (κ2) is 7.23. The second-order valence-electron chi connectivity index (χ2n) is 5.54. The summed E-state index contributed by atoms with van der Waals surface area (Å²) >= 11 is 1.48. The van der Waals surface area contributed by atoms with Crippen molar-refractivity contribution in [3.05, 3.63) is 75.3 Å². The summed E-state index contributed by atoms with van der Waals surface area (Å²) in [6.45, 7) is 2.02. The van der Waals surface area contributed by atoms with Gasteiger partial charge in [0.25, 0.3) is 5.69 Å². The summed E-state index contributed by atoms with van der Waals surface area (Å²) in [5, 5.41) is 16.1. The third kappa shape index (κ3) is 4.27. The lowest BCUT2D eigenvalue weighted by molar-refractivity contribution is -0.384. The minimum absolute atomic E-state index is 0.0619. The zero-order valence-electron chi connectivity index (χ0n) is 13.4. The second-order valence-corrected chi connectivity index (χ2v) is 6.40. The molecule has 1 N–H and O–H groups in total. The first-order valence-electron chi connectivity index (χ1n) is 7.57. The van der Waals surface area contributed by atoms with E-state index < -0.39 is 4.92 Å². The summed E-state index contributed by atoms with van der Waals surface area (Å²) in [5.74, 6) is -0.263. The topological polar surface area (TPSA) is 85.1 Å². The van der Waals surface area contributed by atoms with Crippen LogP contribution in [0.1, 0.15) is 11.3 Å². The van der Waals surface area contributed by atoms with Crippen LogP contribution >= 0.6 is 11.3 Å². The van der Waals surface area contributed by atoms with Crippen molar-refractivity contribution in [2.24, 2.45) is 0 Å². The number of nitrogens with zero attached hydrogens (tertiary/aromatic N) is 2. The summed E-state index contributed by atoms with van der Waals surface area (Å²) in [5.41, 5.74) is 3.20. The number of aryl methyl sites for hydroxylation is 1. The van der Waals surface area contributed by atoms with Crippen molar-refractivity contribution in [2.75, 3.05) is 5.32 Å². The van der Waals surface area contributed by atoms with Gasteiger partial charge in [0.05, 0.1) is 17.0 Å². The Hall–Kier alpha value is -3.06. The SMILES string of the molecule is Cc1ccc(-c2nc(CC(=O)Nc3cccc([N+](=O)[O-])c3)cs2)cc1. The molecule has 126 valence electrons. The van der Waals surface area contributed by atoms with Gasteiger partial charge in [0.2, 0.25) is 5.91 Å². The minimum atomic E-state index is -0.496. The van der Waals surface area contributed by atoms with Crippen LogP contribution in [0.4, 0.5) is 11.4 Å². The van der Waals surface area contributed by atoms with E-state index in [2.05, 4.69) is 10.3 Å². The Bertz CT molecular complexity index is 919. The third-order valence-electron chi connectivity index (χ3n) is 3.53. The van der Waals surface area contributed by atoms with Gasteiger partial charge < -0.3 is 5.32 Å². The fraction of sp³-hybridized carbons (Fsp3) is 0.111. The molecule has 1 aromatic heterocycles. The number of hydrogen-bond donors (Lipinski definition) is 1. The van der Waals surface area contributed by atoms with Crippen LogP contribution in [0.3, 0.4) is 0 Å². The number of thiazole rings is 1. The Balaban J connectivity index is 1.66. The normalized spacial score (nSPS) is 10.4. The van der Waals surface area contributed by atoms with Crippen LogP contribution in [-0.4, -0.2) is 15.8 Å². The lowest BCUT2D eigenvalue weighted by Gasteiger charge is -2.03. The molecule has 3 aromatic rings. The van der Waals surface area contributed by atoms with E-state index in [1.807, 2.05) is 36.6 Å². The first-order valence-corrected chi connectivity index (χ1v) is 8.45. The average molecular weight is 353 g/mol. The summed E-state index contributed by atoms with van der Waals surface area (Å²) < 4.78 is 0. The number of anilines is 1. The van der Waals surface area contributed by atoms with Crippen LogP contribution < -0.4 is 5.32 Å². The lowest BCUT2D eigenvalue weighted by atomic mass is 10.2. The number of non-ortho nitro benzene ring substituents is 1. The predicted octanol–water partition coefficient (Wildman–Crippen LogP) is 4.21. The maximum absolute atomic E-state index is 12.1. The number of rotatable bonds is 5. The van der Waals surface area contributed by atoms with Gasteiger partial charge in [-0.05, 0) is 13.0 Å². The van der Waals surface area contributed by atoms with Gasteiger partial charge in [-0.1, -0.05) is 35.9 Å². The summed E-state index contributed by atoms with van der Waals surface area (Å²) in [6, 6.07) is 13.9. The molecule has 0 saturated heterocycles. The van der Waals surface area contributed by atoms with E-state index in [1.165, 1.54) is 35.1 Å². The zero-order chi connectivity index (χ0) is 17.8. The van der Waals surface area contributed by atoms with E-state index in [9.17, 15) is 14.9 Å². The molecule has 0 atom stereocenters. The van der Waals surface area contributed by atoms with Crippen molar-refractivity contribution in [2.45, 2.75) is 13.3 Å². The Morgan fingerprint density at radius 3 is 2.72 bits per heavy atom.